The topological polar surface area (TPSA) is 84.2 Å². The molecule has 0 unspecified atom stereocenters. The van der Waals surface area contributed by atoms with Gasteiger partial charge in [-0.1, -0.05) is 38.1 Å². The monoisotopic (exact) mass is 411 g/mol. The van der Waals surface area contributed by atoms with Crippen molar-refractivity contribution < 1.29 is 14.0 Å². The quantitative estimate of drug-likeness (QED) is 0.561. The third kappa shape index (κ3) is 6.02. The molecule has 3 aromatic rings. The molecule has 2 N–H and O–H groups in total. The molecule has 2 aromatic heterocycles. The highest BCUT2D eigenvalue weighted by molar-refractivity contribution is 7.14. The number of carbonyl (C=O) groups is 2. The predicted molar refractivity (Wildman–Crippen MR) is 115 cm³/mol. The zero-order chi connectivity index (χ0) is 20.8. The lowest BCUT2D eigenvalue weighted by atomic mass is 10.0. The van der Waals surface area contributed by atoms with E-state index in [0.717, 1.165) is 5.56 Å². The molecule has 2 amide bonds. The highest BCUT2D eigenvalue weighted by Gasteiger charge is 2.12. The van der Waals surface area contributed by atoms with E-state index in [0.29, 0.717) is 47.7 Å². The fraction of sp³-hybridized carbons (Fsp3) is 0.318. The smallest absolute Gasteiger partial charge is 0.226 e. The molecule has 0 aliphatic heterocycles. The number of thiazole rings is 1. The summed E-state index contributed by atoms with van der Waals surface area (Å²) in [6.45, 7) is 6.12. The van der Waals surface area contributed by atoms with E-state index in [1.54, 1.807) is 12.1 Å². The second-order valence-electron chi connectivity index (χ2n) is 7.16. The van der Waals surface area contributed by atoms with E-state index in [-0.39, 0.29) is 11.8 Å². The minimum atomic E-state index is -0.113. The zero-order valence-corrected chi connectivity index (χ0v) is 17.6. The number of aromatic nitrogens is 1. The Kier molecular flexibility index (Phi) is 6.82. The number of anilines is 1. The fourth-order valence-electron chi connectivity index (χ4n) is 2.78. The summed E-state index contributed by atoms with van der Waals surface area (Å²) in [6.07, 6.45) is 1.09. The Labute approximate surface area is 174 Å². The van der Waals surface area contributed by atoms with Gasteiger partial charge in [-0.15, -0.1) is 11.3 Å². The van der Waals surface area contributed by atoms with Crippen LogP contribution in [-0.4, -0.2) is 16.8 Å². The van der Waals surface area contributed by atoms with Crippen molar-refractivity contribution in [2.75, 3.05) is 5.32 Å². The Morgan fingerprint density at radius 1 is 1.14 bits per heavy atom. The van der Waals surface area contributed by atoms with Crippen molar-refractivity contribution in [3.63, 3.8) is 0 Å². The first-order chi connectivity index (χ1) is 13.9. The van der Waals surface area contributed by atoms with Gasteiger partial charge in [-0.3, -0.25) is 9.59 Å². The van der Waals surface area contributed by atoms with Crippen LogP contribution in [-0.2, 0) is 22.6 Å². The summed E-state index contributed by atoms with van der Waals surface area (Å²) in [5.41, 5.74) is 3.10. The second-order valence-corrected chi connectivity index (χ2v) is 8.02. The maximum absolute atomic E-state index is 12.3. The Morgan fingerprint density at radius 3 is 2.59 bits per heavy atom. The number of rotatable bonds is 8. The van der Waals surface area contributed by atoms with Crippen LogP contribution < -0.4 is 10.6 Å². The largest absolute Gasteiger partial charge is 0.458 e. The SMILES string of the molecule is CC(=O)NCc1ccc(-c2csc(NC(=O)CCc3ccc(C(C)C)cc3)n2)o1. The molecule has 0 aliphatic rings. The molecule has 0 spiro atoms. The highest BCUT2D eigenvalue weighted by atomic mass is 32.1. The lowest BCUT2D eigenvalue weighted by molar-refractivity contribution is -0.119. The van der Waals surface area contributed by atoms with Gasteiger partial charge in [0.25, 0.3) is 0 Å². The Morgan fingerprint density at radius 2 is 1.90 bits per heavy atom. The van der Waals surface area contributed by atoms with E-state index in [9.17, 15) is 9.59 Å². The fourth-order valence-corrected chi connectivity index (χ4v) is 3.49. The number of aryl methyl sites for hydroxylation is 1. The number of nitrogens with one attached hydrogen (secondary N) is 2. The van der Waals surface area contributed by atoms with Crippen LogP contribution in [0.3, 0.4) is 0 Å². The number of hydrogen-bond acceptors (Lipinski definition) is 5. The van der Waals surface area contributed by atoms with Crippen LogP contribution in [0.4, 0.5) is 5.13 Å². The lowest BCUT2D eigenvalue weighted by Gasteiger charge is -2.07. The van der Waals surface area contributed by atoms with E-state index < -0.39 is 0 Å². The van der Waals surface area contributed by atoms with Crippen LogP contribution in [0, 0.1) is 0 Å². The van der Waals surface area contributed by atoms with Crippen LogP contribution in [0.1, 0.15) is 50.0 Å². The summed E-state index contributed by atoms with van der Waals surface area (Å²) in [4.78, 5) is 27.7. The van der Waals surface area contributed by atoms with Gasteiger partial charge in [0.2, 0.25) is 11.8 Å². The molecule has 1 aromatic carbocycles. The summed E-state index contributed by atoms with van der Waals surface area (Å²) in [5.74, 6) is 1.58. The van der Waals surface area contributed by atoms with Gasteiger partial charge in [0.15, 0.2) is 10.9 Å². The molecule has 152 valence electrons. The first-order valence-electron chi connectivity index (χ1n) is 9.58. The molecule has 0 aliphatic carbocycles. The number of amides is 2. The Balaban J connectivity index is 1.51. The molecule has 29 heavy (non-hydrogen) atoms. The van der Waals surface area contributed by atoms with Crippen molar-refractivity contribution in [3.8, 4) is 11.5 Å². The molecular formula is C22H25N3O3S. The van der Waals surface area contributed by atoms with E-state index >= 15 is 0 Å². The normalized spacial score (nSPS) is 10.9. The third-order valence-corrected chi connectivity index (χ3v) is 5.22. The molecule has 6 nitrogen and oxygen atoms in total. The van der Waals surface area contributed by atoms with E-state index in [1.165, 1.54) is 23.8 Å². The van der Waals surface area contributed by atoms with Crippen molar-refractivity contribution in [3.05, 3.63) is 58.7 Å². The van der Waals surface area contributed by atoms with E-state index in [4.69, 9.17) is 4.42 Å². The second kappa shape index (κ2) is 9.52. The standard InChI is InChI=1S/C22H25N3O3S/c1-14(2)17-7-4-16(5-8-17)6-11-21(27)25-22-24-19(13-29-22)20-10-9-18(28-20)12-23-15(3)26/h4-5,7-10,13-14H,6,11-12H2,1-3H3,(H,23,26)(H,24,25,27). The summed E-state index contributed by atoms with van der Waals surface area (Å²) in [5, 5.41) is 7.91. The number of benzene rings is 1. The Hall–Kier alpha value is -2.93. The van der Waals surface area contributed by atoms with Crippen molar-refractivity contribution in [2.24, 2.45) is 0 Å². The van der Waals surface area contributed by atoms with Gasteiger partial charge in [0, 0.05) is 18.7 Å². The van der Waals surface area contributed by atoms with Gasteiger partial charge in [-0.2, -0.15) is 0 Å². The van der Waals surface area contributed by atoms with Gasteiger partial charge in [0.05, 0.1) is 6.54 Å². The van der Waals surface area contributed by atoms with Crippen LogP contribution in [0.15, 0.2) is 46.2 Å². The van der Waals surface area contributed by atoms with Crippen LogP contribution in [0.5, 0.6) is 0 Å². The lowest BCUT2D eigenvalue weighted by Crippen LogP contribution is -2.18. The average Bonchev–Trinajstić information content (AvgIpc) is 3.34. The molecule has 0 fully saturated rings. The summed E-state index contributed by atoms with van der Waals surface area (Å²) >= 11 is 1.35. The maximum atomic E-state index is 12.3. The molecular weight excluding hydrogens is 386 g/mol. The minimum Gasteiger partial charge on any atom is -0.458 e. The van der Waals surface area contributed by atoms with Gasteiger partial charge in [-0.05, 0) is 35.6 Å². The molecule has 0 saturated carbocycles. The minimum absolute atomic E-state index is 0.0652. The highest BCUT2D eigenvalue weighted by Crippen LogP contribution is 2.26. The summed E-state index contributed by atoms with van der Waals surface area (Å²) in [7, 11) is 0. The van der Waals surface area contributed by atoms with Gasteiger partial charge in [0.1, 0.15) is 11.5 Å². The van der Waals surface area contributed by atoms with Crippen molar-refractivity contribution in [1.29, 1.82) is 0 Å². The average molecular weight is 412 g/mol. The molecule has 3 rings (SSSR count). The van der Waals surface area contributed by atoms with Gasteiger partial charge < -0.3 is 15.1 Å². The van der Waals surface area contributed by atoms with E-state index in [2.05, 4.69) is 53.7 Å². The number of carbonyl (C=O) groups excluding carboxylic acids is 2. The Bertz CT molecular complexity index is 973. The van der Waals surface area contributed by atoms with Crippen LogP contribution >= 0.6 is 11.3 Å². The maximum Gasteiger partial charge on any atom is 0.226 e. The first kappa shape index (κ1) is 20.8. The first-order valence-corrected chi connectivity index (χ1v) is 10.5. The summed E-state index contributed by atoms with van der Waals surface area (Å²) < 4.78 is 5.69. The van der Waals surface area contributed by atoms with Crippen LogP contribution in [0.25, 0.3) is 11.5 Å². The van der Waals surface area contributed by atoms with Crippen molar-refractivity contribution in [1.82, 2.24) is 10.3 Å². The zero-order valence-electron chi connectivity index (χ0n) is 16.8. The molecule has 0 bridgehead atoms. The van der Waals surface area contributed by atoms with Crippen molar-refractivity contribution in [2.45, 2.75) is 46.1 Å². The predicted octanol–water partition coefficient (Wildman–Crippen LogP) is 4.73. The molecule has 0 atom stereocenters. The van der Waals surface area contributed by atoms with Gasteiger partial charge >= 0.3 is 0 Å². The number of furan rings is 1. The van der Waals surface area contributed by atoms with E-state index in [1.807, 2.05) is 5.38 Å². The van der Waals surface area contributed by atoms with Crippen molar-refractivity contribution >= 4 is 28.3 Å². The number of hydrogen-bond donors (Lipinski definition) is 2. The van der Waals surface area contributed by atoms with Crippen LogP contribution in [0.2, 0.25) is 0 Å². The third-order valence-electron chi connectivity index (χ3n) is 4.46. The molecule has 0 radical (unpaired) electrons. The number of nitrogens with zero attached hydrogens (tertiary/aromatic N) is 1. The molecule has 0 saturated heterocycles. The van der Waals surface area contributed by atoms with Gasteiger partial charge in [-0.25, -0.2) is 4.98 Å². The summed E-state index contributed by atoms with van der Waals surface area (Å²) in [6, 6.07) is 12.0. The molecule has 7 heteroatoms. The molecule has 2 heterocycles.